The van der Waals surface area contributed by atoms with Crippen LogP contribution in [0.3, 0.4) is 0 Å². The zero-order valence-corrected chi connectivity index (χ0v) is 10.2. The maximum absolute atomic E-state index is 11.3. The third-order valence-corrected chi connectivity index (χ3v) is 3.11. The Kier molecular flexibility index (Phi) is 3.06. The second-order valence-electron chi connectivity index (χ2n) is 4.07. The molecule has 1 aromatic heterocycles. The number of rotatable bonds is 2. The summed E-state index contributed by atoms with van der Waals surface area (Å²) in [6.07, 6.45) is 1.60. The van der Waals surface area contributed by atoms with Gasteiger partial charge in [0.2, 0.25) is 11.2 Å². The first kappa shape index (κ1) is 11.9. The molecule has 92 valence electrons. The molecule has 1 amide bonds. The third kappa shape index (κ3) is 2.12. The quantitative estimate of drug-likeness (QED) is 0.749. The number of halogens is 1. The summed E-state index contributed by atoms with van der Waals surface area (Å²) in [5, 5.41) is 0.127. The highest BCUT2D eigenvalue weighted by molar-refractivity contribution is 6.28. The van der Waals surface area contributed by atoms with Crippen molar-refractivity contribution < 1.29 is 4.79 Å². The van der Waals surface area contributed by atoms with E-state index in [2.05, 4.69) is 9.97 Å². The van der Waals surface area contributed by atoms with Gasteiger partial charge in [-0.15, -0.1) is 0 Å². The number of primary amides is 1. The van der Waals surface area contributed by atoms with Gasteiger partial charge in [-0.25, -0.2) is 4.98 Å². The molecule has 7 heteroatoms. The van der Waals surface area contributed by atoms with Crippen molar-refractivity contribution in [3.05, 3.63) is 11.0 Å². The molecule has 1 atom stereocenters. The van der Waals surface area contributed by atoms with Crippen molar-refractivity contribution in [3.8, 4) is 0 Å². The zero-order chi connectivity index (χ0) is 12.6. The lowest BCUT2D eigenvalue weighted by Gasteiger charge is -2.24. The Labute approximate surface area is 104 Å². The van der Waals surface area contributed by atoms with Crippen molar-refractivity contribution in [1.29, 1.82) is 0 Å². The summed E-state index contributed by atoms with van der Waals surface area (Å²) in [5.74, 6) is 0.137. The van der Waals surface area contributed by atoms with Crippen LogP contribution in [0.2, 0.25) is 5.28 Å². The van der Waals surface area contributed by atoms with Gasteiger partial charge in [-0.1, -0.05) is 0 Å². The van der Waals surface area contributed by atoms with Crippen LogP contribution in [-0.2, 0) is 4.79 Å². The van der Waals surface area contributed by atoms with Crippen LogP contribution in [-0.4, -0.2) is 28.5 Å². The van der Waals surface area contributed by atoms with Gasteiger partial charge in [-0.3, -0.25) is 4.79 Å². The third-order valence-electron chi connectivity index (χ3n) is 2.94. The van der Waals surface area contributed by atoms with Crippen molar-refractivity contribution in [2.75, 3.05) is 17.2 Å². The molecule has 0 aromatic carbocycles. The van der Waals surface area contributed by atoms with Gasteiger partial charge in [0.15, 0.2) is 5.82 Å². The van der Waals surface area contributed by atoms with Crippen LogP contribution in [0.15, 0.2) is 0 Å². The van der Waals surface area contributed by atoms with E-state index in [1.165, 1.54) is 0 Å². The Morgan fingerprint density at radius 2 is 2.24 bits per heavy atom. The number of amides is 1. The lowest BCUT2D eigenvalue weighted by atomic mass is 10.2. The highest BCUT2D eigenvalue weighted by Crippen LogP contribution is 2.30. The Balaban J connectivity index is 2.43. The van der Waals surface area contributed by atoms with Gasteiger partial charge in [-0.05, 0) is 31.4 Å². The summed E-state index contributed by atoms with van der Waals surface area (Å²) in [6.45, 7) is 2.45. The average Bonchev–Trinajstić information content (AvgIpc) is 2.72. The van der Waals surface area contributed by atoms with Crippen LogP contribution >= 0.6 is 11.6 Å². The van der Waals surface area contributed by atoms with Crippen molar-refractivity contribution in [2.24, 2.45) is 5.73 Å². The fourth-order valence-corrected chi connectivity index (χ4v) is 2.27. The Morgan fingerprint density at radius 1 is 1.53 bits per heavy atom. The van der Waals surface area contributed by atoms with Crippen LogP contribution in [0.25, 0.3) is 0 Å². The topological polar surface area (TPSA) is 98.1 Å². The summed E-state index contributed by atoms with van der Waals surface area (Å²) in [4.78, 5) is 21.2. The van der Waals surface area contributed by atoms with Crippen molar-refractivity contribution in [2.45, 2.75) is 25.8 Å². The fourth-order valence-electron chi connectivity index (χ4n) is 2.07. The number of carbonyl (C=O) groups excluding carboxylic acids is 1. The number of hydrogen-bond acceptors (Lipinski definition) is 5. The Hall–Kier alpha value is -1.56. The molecule has 6 nitrogen and oxygen atoms in total. The van der Waals surface area contributed by atoms with Crippen LogP contribution in [0.1, 0.15) is 18.5 Å². The molecule has 17 heavy (non-hydrogen) atoms. The molecule has 4 N–H and O–H groups in total. The monoisotopic (exact) mass is 255 g/mol. The van der Waals surface area contributed by atoms with E-state index in [0.717, 1.165) is 12.8 Å². The van der Waals surface area contributed by atoms with Gasteiger partial charge in [0.25, 0.3) is 0 Å². The van der Waals surface area contributed by atoms with Gasteiger partial charge in [0.05, 0.1) is 11.4 Å². The molecule has 1 aliphatic heterocycles. The lowest BCUT2D eigenvalue weighted by Crippen LogP contribution is -2.41. The van der Waals surface area contributed by atoms with E-state index < -0.39 is 0 Å². The van der Waals surface area contributed by atoms with Gasteiger partial charge < -0.3 is 16.4 Å². The molecule has 0 aliphatic carbocycles. The minimum absolute atomic E-state index is 0.127. The molecule has 1 aromatic rings. The first-order valence-corrected chi connectivity index (χ1v) is 5.74. The Bertz CT molecular complexity index is 464. The van der Waals surface area contributed by atoms with Crippen LogP contribution in [0.4, 0.5) is 11.5 Å². The first-order valence-electron chi connectivity index (χ1n) is 5.36. The number of aryl methyl sites for hydroxylation is 1. The fraction of sp³-hybridized carbons (Fsp3) is 0.500. The minimum Gasteiger partial charge on any atom is -0.394 e. The number of hydrogen-bond donors (Lipinski definition) is 2. The second kappa shape index (κ2) is 4.37. The van der Waals surface area contributed by atoms with E-state index in [0.29, 0.717) is 23.7 Å². The van der Waals surface area contributed by atoms with Gasteiger partial charge in [0.1, 0.15) is 6.04 Å². The normalized spacial score (nSPS) is 19.6. The number of nitrogens with two attached hydrogens (primary N) is 2. The van der Waals surface area contributed by atoms with E-state index in [1.54, 1.807) is 11.8 Å². The number of nitrogen functional groups attached to an aromatic ring is 1. The predicted molar refractivity (Wildman–Crippen MR) is 65.8 cm³/mol. The molecule has 0 bridgehead atoms. The van der Waals surface area contributed by atoms with E-state index in [4.69, 9.17) is 23.1 Å². The maximum atomic E-state index is 11.3. The van der Waals surface area contributed by atoms with Crippen molar-refractivity contribution >= 4 is 29.0 Å². The van der Waals surface area contributed by atoms with Crippen LogP contribution < -0.4 is 16.4 Å². The van der Waals surface area contributed by atoms with E-state index in [-0.39, 0.29) is 17.2 Å². The predicted octanol–water partition coefficient (Wildman–Crippen LogP) is 0.475. The smallest absolute Gasteiger partial charge is 0.240 e. The second-order valence-corrected chi connectivity index (χ2v) is 4.41. The molecular formula is C10H14ClN5O. The summed E-state index contributed by atoms with van der Waals surface area (Å²) >= 11 is 5.81. The van der Waals surface area contributed by atoms with Crippen LogP contribution in [0, 0.1) is 6.92 Å². The largest absolute Gasteiger partial charge is 0.394 e. The molecule has 1 saturated heterocycles. The zero-order valence-electron chi connectivity index (χ0n) is 9.48. The first-order chi connectivity index (χ1) is 8.00. The molecule has 1 unspecified atom stereocenters. The van der Waals surface area contributed by atoms with Crippen molar-refractivity contribution in [1.82, 2.24) is 9.97 Å². The molecule has 0 spiro atoms. The Morgan fingerprint density at radius 3 is 2.88 bits per heavy atom. The number of anilines is 2. The molecule has 0 saturated carbocycles. The molecule has 2 heterocycles. The number of aromatic nitrogens is 2. The van der Waals surface area contributed by atoms with Crippen LogP contribution in [0.5, 0.6) is 0 Å². The average molecular weight is 256 g/mol. The molecule has 1 fully saturated rings. The summed E-state index contributed by atoms with van der Waals surface area (Å²) < 4.78 is 0. The molecule has 0 radical (unpaired) electrons. The van der Waals surface area contributed by atoms with E-state index >= 15 is 0 Å². The minimum atomic E-state index is -0.366. The SMILES string of the molecule is Cc1nc(Cl)nc(N2CCCC2C(N)=O)c1N. The standard InChI is InChI=1S/C10H14ClN5O/c1-5-7(12)9(15-10(11)14-5)16-4-2-3-6(16)8(13)17/h6H,2-4,12H2,1H3,(H2,13,17). The van der Waals surface area contributed by atoms with Gasteiger partial charge in [0, 0.05) is 6.54 Å². The number of carbonyl (C=O) groups is 1. The number of nitrogens with zero attached hydrogens (tertiary/aromatic N) is 3. The lowest BCUT2D eigenvalue weighted by molar-refractivity contribution is -0.119. The van der Waals surface area contributed by atoms with E-state index in [9.17, 15) is 4.79 Å². The highest BCUT2D eigenvalue weighted by Gasteiger charge is 2.31. The highest BCUT2D eigenvalue weighted by atomic mass is 35.5. The summed E-state index contributed by atoms with van der Waals surface area (Å²) in [6, 6.07) is -0.359. The van der Waals surface area contributed by atoms with Gasteiger partial charge >= 0.3 is 0 Å². The molecular weight excluding hydrogens is 242 g/mol. The van der Waals surface area contributed by atoms with Gasteiger partial charge in [-0.2, -0.15) is 4.98 Å². The molecule has 2 rings (SSSR count). The molecule has 1 aliphatic rings. The van der Waals surface area contributed by atoms with E-state index in [1.807, 2.05) is 0 Å². The maximum Gasteiger partial charge on any atom is 0.240 e. The van der Waals surface area contributed by atoms with Crippen molar-refractivity contribution in [3.63, 3.8) is 0 Å². The summed E-state index contributed by atoms with van der Waals surface area (Å²) in [7, 11) is 0. The summed E-state index contributed by atoms with van der Waals surface area (Å²) in [5.41, 5.74) is 12.3.